The van der Waals surface area contributed by atoms with Gasteiger partial charge in [0.1, 0.15) is 5.82 Å². The fourth-order valence-corrected chi connectivity index (χ4v) is 3.00. The van der Waals surface area contributed by atoms with Gasteiger partial charge in [0, 0.05) is 11.3 Å². The monoisotopic (exact) mass is 326 g/mol. The van der Waals surface area contributed by atoms with E-state index in [-0.39, 0.29) is 17.4 Å². The first-order chi connectivity index (χ1) is 11.7. The molecule has 0 saturated heterocycles. The first kappa shape index (κ1) is 14.6. The molecule has 4 rings (SSSR count). The Labute approximate surface area is 137 Å². The SMILES string of the molecule is O=C(NCc1n[nH]c2c1CCC2)c1ncoc1-c1ccc(F)cc1. The van der Waals surface area contributed by atoms with Crippen LogP contribution in [-0.2, 0) is 19.4 Å². The summed E-state index contributed by atoms with van der Waals surface area (Å²) in [5, 5.41) is 10.1. The number of amides is 1. The van der Waals surface area contributed by atoms with Crippen molar-refractivity contribution in [3.05, 3.63) is 59.1 Å². The van der Waals surface area contributed by atoms with Gasteiger partial charge in [-0.25, -0.2) is 9.37 Å². The van der Waals surface area contributed by atoms with Crippen LogP contribution in [0.1, 0.15) is 33.9 Å². The minimum absolute atomic E-state index is 0.175. The molecule has 0 unspecified atom stereocenters. The summed E-state index contributed by atoms with van der Waals surface area (Å²) in [4.78, 5) is 16.4. The van der Waals surface area contributed by atoms with Crippen LogP contribution in [0.5, 0.6) is 0 Å². The number of hydrogen-bond donors (Lipinski definition) is 2. The number of aromatic nitrogens is 3. The van der Waals surface area contributed by atoms with Crippen LogP contribution in [0.4, 0.5) is 4.39 Å². The van der Waals surface area contributed by atoms with Crippen molar-refractivity contribution in [2.24, 2.45) is 0 Å². The molecule has 0 bridgehead atoms. The number of benzene rings is 1. The Hall–Kier alpha value is -2.96. The topological polar surface area (TPSA) is 83.8 Å². The fraction of sp³-hybridized carbons (Fsp3) is 0.235. The van der Waals surface area contributed by atoms with Crippen LogP contribution >= 0.6 is 0 Å². The summed E-state index contributed by atoms with van der Waals surface area (Å²) >= 11 is 0. The number of aromatic amines is 1. The van der Waals surface area contributed by atoms with Crippen molar-refractivity contribution in [2.45, 2.75) is 25.8 Å². The van der Waals surface area contributed by atoms with Crippen LogP contribution in [0.2, 0.25) is 0 Å². The van der Waals surface area contributed by atoms with Gasteiger partial charge in [0.2, 0.25) is 0 Å². The fourth-order valence-electron chi connectivity index (χ4n) is 3.00. The van der Waals surface area contributed by atoms with Crippen molar-refractivity contribution in [3.8, 4) is 11.3 Å². The van der Waals surface area contributed by atoms with Crippen LogP contribution in [0.3, 0.4) is 0 Å². The van der Waals surface area contributed by atoms with Gasteiger partial charge in [-0.15, -0.1) is 0 Å². The lowest BCUT2D eigenvalue weighted by atomic mass is 10.1. The molecule has 0 aliphatic heterocycles. The van der Waals surface area contributed by atoms with Gasteiger partial charge in [-0.1, -0.05) is 0 Å². The van der Waals surface area contributed by atoms with Gasteiger partial charge in [-0.2, -0.15) is 5.10 Å². The summed E-state index contributed by atoms with van der Waals surface area (Å²) in [5.41, 5.74) is 4.00. The van der Waals surface area contributed by atoms with E-state index in [9.17, 15) is 9.18 Å². The summed E-state index contributed by atoms with van der Waals surface area (Å²) in [6.45, 7) is 0.334. The number of rotatable bonds is 4. The first-order valence-corrected chi connectivity index (χ1v) is 7.75. The van der Waals surface area contributed by atoms with Crippen LogP contribution < -0.4 is 5.32 Å². The second kappa shape index (κ2) is 5.92. The lowest BCUT2D eigenvalue weighted by molar-refractivity contribution is 0.0946. The van der Waals surface area contributed by atoms with E-state index in [0.29, 0.717) is 17.9 Å². The van der Waals surface area contributed by atoms with Crippen molar-refractivity contribution in [2.75, 3.05) is 0 Å². The quantitative estimate of drug-likeness (QED) is 0.772. The van der Waals surface area contributed by atoms with Gasteiger partial charge in [0.05, 0.1) is 12.2 Å². The molecule has 0 atom stereocenters. The molecule has 2 N–H and O–H groups in total. The van der Waals surface area contributed by atoms with E-state index in [1.165, 1.54) is 24.1 Å². The second-order valence-electron chi connectivity index (χ2n) is 5.70. The second-order valence-corrected chi connectivity index (χ2v) is 5.70. The third kappa shape index (κ3) is 2.58. The molecule has 6 nitrogen and oxygen atoms in total. The number of hydrogen-bond acceptors (Lipinski definition) is 4. The Morgan fingerprint density at radius 1 is 1.29 bits per heavy atom. The van der Waals surface area contributed by atoms with E-state index in [1.807, 2.05) is 0 Å². The summed E-state index contributed by atoms with van der Waals surface area (Å²) in [6, 6.07) is 5.72. The van der Waals surface area contributed by atoms with E-state index in [1.54, 1.807) is 12.1 Å². The first-order valence-electron chi connectivity index (χ1n) is 7.75. The zero-order valence-electron chi connectivity index (χ0n) is 12.8. The Balaban J connectivity index is 1.51. The molecule has 1 aliphatic rings. The number of H-pyrrole nitrogens is 1. The molecule has 2 aromatic heterocycles. The minimum atomic E-state index is -0.350. The number of carbonyl (C=O) groups is 1. The predicted octanol–water partition coefficient (Wildman–Crippen LogP) is 2.62. The number of fused-ring (bicyclic) bond motifs is 1. The molecule has 1 aliphatic carbocycles. The predicted molar refractivity (Wildman–Crippen MR) is 83.7 cm³/mol. The Morgan fingerprint density at radius 3 is 2.96 bits per heavy atom. The van der Waals surface area contributed by atoms with Crippen LogP contribution in [-0.4, -0.2) is 21.1 Å². The number of halogens is 1. The highest BCUT2D eigenvalue weighted by molar-refractivity contribution is 5.97. The highest BCUT2D eigenvalue weighted by atomic mass is 19.1. The van der Waals surface area contributed by atoms with E-state index in [2.05, 4.69) is 20.5 Å². The normalized spacial score (nSPS) is 13.0. The molecular formula is C17H15FN4O2. The average molecular weight is 326 g/mol. The number of oxazole rings is 1. The summed E-state index contributed by atoms with van der Waals surface area (Å²) in [7, 11) is 0. The molecular weight excluding hydrogens is 311 g/mol. The van der Waals surface area contributed by atoms with Gasteiger partial charge in [0.25, 0.3) is 5.91 Å². The van der Waals surface area contributed by atoms with Crippen molar-refractivity contribution < 1.29 is 13.6 Å². The van der Waals surface area contributed by atoms with Crippen LogP contribution in [0.15, 0.2) is 35.1 Å². The lowest BCUT2D eigenvalue weighted by Crippen LogP contribution is -2.24. The standard InChI is InChI=1S/C17H15FN4O2/c18-11-6-4-10(5-7-11)16-15(20-9-24-16)17(23)19-8-14-12-2-1-3-13(12)21-22-14/h4-7,9H,1-3,8H2,(H,19,23)(H,21,22). The Morgan fingerprint density at radius 2 is 2.12 bits per heavy atom. The Bertz CT molecular complexity index is 882. The number of carbonyl (C=O) groups excluding carboxylic acids is 1. The maximum absolute atomic E-state index is 13.0. The van der Waals surface area contributed by atoms with Gasteiger partial charge >= 0.3 is 0 Å². The molecule has 0 spiro atoms. The molecule has 24 heavy (non-hydrogen) atoms. The smallest absolute Gasteiger partial charge is 0.274 e. The summed E-state index contributed by atoms with van der Waals surface area (Å²) in [6.07, 6.45) is 4.32. The van der Waals surface area contributed by atoms with Crippen LogP contribution in [0, 0.1) is 5.82 Å². The largest absolute Gasteiger partial charge is 0.443 e. The summed E-state index contributed by atoms with van der Waals surface area (Å²) in [5.74, 6) is -0.380. The molecule has 122 valence electrons. The molecule has 1 amide bonds. The molecule has 2 heterocycles. The Kier molecular flexibility index (Phi) is 3.60. The van der Waals surface area contributed by atoms with E-state index in [4.69, 9.17) is 4.42 Å². The highest BCUT2D eigenvalue weighted by Gasteiger charge is 2.21. The highest BCUT2D eigenvalue weighted by Crippen LogP contribution is 2.24. The molecule has 3 aromatic rings. The third-order valence-electron chi connectivity index (χ3n) is 4.20. The van der Waals surface area contributed by atoms with E-state index in [0.717, 1.165) is 30.7 Å². The number of nitrogens with one attached hydrogen (secondary N) is 2. The van der Waals surface area contributed by atoms with E-state index >= 15 is 0 Å². The molecule has 1 aromatic carbocycles. The zero-order valence-corrected chi connectivity index (χ0v) is 12.8. The van der Waals surface area contributed by atoms with Crippen molar-refractivity contribution in [1.82, 2.24) is 20.5 Å². The molecule has 7 heteroatoms. The van der Waals surface area contributed by atoms with Crippen molar-refractivity contribution >= 4 is 5.91 Å². The van der Waals surface area contributed by atoms with Gasteiger partial charge in [-0.05, 0) is 49.1 Å². The minimum Gasteiger partial charge on any atom is -0.443 e. The van der Waals surface area contributed by atoms with Crippen molar-refractivity contribution in [1.29, 1.82) is 0 Å². The maximum atomic E-state index is 13.0. The van der Waals surface area contributed by atoms with Gasteiger partial charge < -0.3 is 9.73 Å². The lowest BCUT2D eigenvalue weighted by Gasteiger charge is -2.04. The van der Waals surface area contributed by atoms with Crippen LogP contribution in [0.25, 0.3) is 11.3 Å². The maximum Gasteiger partial charge on any atom is 0.274 e. The van der Waals surface area contributed by atoms with Gasteiger partial charge in [-0.3, -0.25) is 9.89 Å². The molecule has 0 fully saturated rings. The average Bonchev–Trinajstić information content (AvgIpc) is 3.30. The van der Waals surface area contributed by atoms with Gasteiger partial charge in [0.15, 0.2) is 17.8 Å². The molecule has 0 radical (unpaired) electrons. The summed E-state index contributed by atoms with van der Waals surface area (Å²) < 4.78 is 18.3. The van der Waals surface area contributed by atoms with Crippen molar-refractivity contribution in [3.63, 3.8) is 0 Å². The third-order valence-corrected chi connectivity index (χ3v) is 4.20. The zero-order chi connectivity index (χ0) is 16.5. The van der Waals surface area contributed by atoms with E-state index < -0.39 is 0 Å². The number of nitrogens with zero attached hydrogens (tertiary/aromatic N) is 2. The molecule has 0 saturated carbocycles. The number of aryl methyl sites for hydroxylation is 1.